The minimum absolute atomic E-state index is 0.582. The van der Waals surface area contributed by atoms with E-state index in [1.165, 1.54) is 0 Å². The third-order valence-electron chi connectivity index (χ3n) is 1.95. The van der Waals surface area contributed by atoms with E-state index in [-0.39, 0.29) is 0 Å². The minimum Gasteiger partial charge on any atom is -0.304 e. The number of aromatic nitrogens is 2. The van der Waals surface area contributed by atoms with Crippen LogP contribution >= 0.6 is 11.3 Å². The zero-order valence-corrected chi connectivity index (χ0v) is 8.93. The molecule has 2 aromatic rings. The van der Waals surface area contributed by atoms with E-state index in [9.17, 15) is 0 Å². The molecule has 2 rings (SSSR count). The third kappa shape index (κ3) is 1.48. The quantitative estimate of drug-likeness (QED) is 0.752. The number of thiazole rings is 1. The molecule has 1 N–H and O–H groups in total. The van der Waals surface area contributed by atoms with Crippen LogP contribution in [0, 0.1) is 12.3 Å². The highest BCUT2D eigenvalue weighted by Crippen LogP contribution is 2.21. The van der Waals surface area contributed by atoms with Crippen molar-refractivity contribution in [3.8, 4) is 5.13 Å². The van der Waals surface area contributed by atoms with Crippen LogP contribution in [-0.4, -0.2) is 15.3 Å². The molecule has 2 aromatic heterocycles. The first-order valence-electron chi connectivity index (χ1n) is 4.35. The van der Waals surface area contributed by atoms with Gasteiger partial charge in [-0.1, -0.05) is 11.3 Å². The van der Waals surface area contributed by atoms with Crippen molar-refractivity contribution in [2.24, 2.45) is 0 Å². The molecule has 0 saturated heterocycles. The highest BCUT2D eigenvalue weighted by Gasteiger charge is 2.09. The van der Waals surface area contributed by atoms with E-state index in [1.807, 2.05) is 36.0 Å². The number of nitrogens with one attached hydrogen (secondary N) is 1. The van der Waals surface area contributed by atoms with Crippen molar-refractivity contribution in [3.05, 3.63) is 35.1 Å². The van der Waals surface area contributed by atoms with Gasteiger partial charge in [-0.3, -0.25) is 0 Å². The van der Waals surface area contributed by atoms with Crippen LogP contribution in [0.3, 0.4) is 0 Å². The zero-order valence-electron chi connectivity index (χ0n) is 8.11. The topological polar surface area (TPSA) is 41.7 Å². The van der Waals surface area contributed by atoms with Crippen molar-refractivity contribution in [2.75, 3.05) is 0 Å². The van der Waals surface area contributed by atoms with E-state index >= 15 is 0 Å². The Labute approximate surface area is 86.5 Å². The Balaban J connectivity index is 2.48. The van der Waals surface area contributed by atoms with Gasteiger partial charge < -0.3 is 9.98 Å². The summed E-state index contributed by atoms with van der Waals surface area (Å²) >= 11 is 1.55. The molecule has 0 radical (unpaired) electrons. The fourth-order valence-electron chi connectivity index (χ4n) is 1.30. The van der Waals surface area contributed by atoms with Gasteiger partial charge in [-0.2, -0.15) is 0 Å². The van der Waals surface area contributed by atoms with Crippen LogP contribution in [0.5, 0.6) is 0 Å². The molecule has 0 aliphatic carbocycles. The van der Waals surface area contributed by atoms with Crippen LogP contribution in [0.1, 0.15) is 17.5 Å². The summed E-state index contributed by atoms with van der Waals surface area (Å²) in [7, 11) is 0. The summed E-state index contributed by atoms with van der Waals surface area (Å²) in [5.41, 5.74) is 1.52. The van der Waals surface area contributed by atoms with Crippen molar-refractivity contribution in [1.29, 1.82) is 5.41 Å². The van der Waals surface area contributed by atoms with Gasteiger partial charge in [-0.05, 0) is 26.0 Å². The highest BCUT2D eigenvalue weighted by molar-refractivity contribution is 7.16. The summed E-state index contributed by atoms with van der Waals surface area (Å²) in [5, 5.41) is 8.50. The molecule has 3 nitrogen and oxygen atoms in total. The average molecular weight is 205 g/mol. The predicted octanol–water partition coefficient (Wildman–Crippen LogP) is 2.63. The molecule has 0 saturated carbocycles. The maximum absolute atomic E-state index is 7.58. The monoisotopic (exact) mass is 205 g/mol. The first-order valence-corrected chi connectivity index (χ1v) is 5.16. The van der Waals surface area contributed by atoms with E-state index in [1.54, 1.807) is 18.3 Å². The SMILES string of the molecule is CC(=N)c1sc(-n2cccc2)nc1C. The average Bonchev–Trinajstić information content (AvgIpc) is 2.70. The number of aryl methyl sites for hydroxylation is 1. The lowest BCUT2D eigenvalue weighted by molar-refractivity contribution is 1.03. The van der Waals surface area contributed by atoms with Gasteiger partial charge in [0.1, 0.15) is 0 Å². The molecule has 0 unspecified atom stereocenters. The maximum atomic E-state index is 7.58. The van der Waals surface area contributed by atoms with Crippen molar-refractivity contribution in [2.45, 2.75) is 13.8 Å². The molecule has 14 heavy (non-hydrogen) atoms. The second kappa shape index (κ2) is 3.38. The van der Waals surface area contributed by atoms with Gasteiger partial charge in [0.2, 0.25) is 0 Å². The van der Waals surface area contributed by atoms with E-state index in [0.717, 1.165) is 15.7 Å². The van der Waals surface area contributed by atoms with Gasteiger partial charge in [-0.15, -0.1) is 0 Å². The molecular formula is C10H11N3S. The van der Waals surface area contributed by atoms with Gasteiger partial charge in [0.05, 0.1) is 10.6 Å². The Morgan fingerprint density at radius 1 is 1.43 bits per heavy atom. The number of hydrogen-bond acceptors (Lipinski definition) is 3. The van der Waals surface area contributed by atoms with Gasteiger partial charge in [0.15, 0.2) is 5.13 Å². The molecule has 0 fully saturated rings. The summed E-state index contributed by atoms with van der Waals surface area (Å²) in [4.78, 5) is 5.38. The lowest BCUT2D eigenvalue weighted by atomic mass is 10.3. The summed E-state index contributed by atoms with van der Waals surface area (Å²) in [6.07, 6.45) is 3.92. The molecule has 0 aliphatic rings. The van der Waals surface area contributed by atoms with E-state index in [4.69, 9.17) is 5.41 Å². The van der Waals surface area contributed by atoms with Gasteiger partial charge >= 0.3 is 0 Å². The molecule has 0 bridgehead atoms. The summed E-state index contributed by atoms with van der Waals surface area (Å²) in [5.74, 6) is 0. The van der Waals surface area contributed by atoms with Gasteiger partial charge in [0, 0.05) is 18.1 Å². The molecule has 72 valence electrons. The van der Waals surface area contributed by atoms with Crippen LogP contribution in [0.15, 0.2) is 24.5 Å². The molecule has 0 atom stereocenters. The number of rotatable bonds is 2. The van der Waals surface area contributed by atoms with Crippen molar-refractivity contribution >= 4 is 17.0 Å². The van der Waals surface area contributed by atoms with Crippen LogP contribution < -0.4 is 0 Å². The second-order valence-electron chi connectivity index (χ2n) is 3.13. The van der Waals surface area contributed by atoms with Gasteiger partial charge in [-0.25, -0.2) is 4.98 Å². The smallest absolute Gasteiger partial charge is 0.194 e. The molecule has 0 aliphatic heterocycles. The van der Waals surface area contributed by atoms with Crippen LogP contribution in [-0.2, 0) is 0 Å². The van der Waals surface area contributed by atoms with E-state index in [0.29, 0.717) is 5.71 Å². The Bertz CT molecular complexity index is 454. The fourth-order valence-corrected chi connectivity index (χ4v) is 2.24. The Kier molecular flexibility index (Phi) is 2.21. The summed E-state index contributed by atoms with van der Waals surface area (Å²) in [6, 6.07) is 3.93. The first-order chi connectivity index (χ1) is 6.68. The molecule has 4 heteroatoms. The zero-order chi connectivity index (χ0) is 10.1. The van der Waals surface area contributed by atoms with Crippen molar-refractivity contribution < 1.29 is 0 Å². The molecule has 2 heterocycles. The van der Waals surface area contributed by atoms with Crippen LogP contribution in [0.2, 0.25) is 0 Å². The van der Waals surface area contributed by atoms with Crippen LogP contribution in [0.25, 0.3) is 5.13 Å². The lowest BCUT2D eigenvalue weighted by Crippen LogP contribution is -1.89. The Morgan fingerprint density at radius 3 is 2.57 bits per heavy atom. The Hall–Kier alpha value is -1.42. The largest absolute Gasteiger partial charge is 0.304 e. The van der Waals surface area contributed by atoms with Crippen LogP contribution in [0.4, 0.5) is 0 Å². The normalized spacial score (nSPS) is 10.4. The number of nitrogens with zero attached hydrogens (tertiary/aromatic N) is 2. The lowest BCUT2D eigenvalue weighted by Gasteiger charge is -1.93. The molecule has 0 spiro atoms. The molecule has 0 aromatic carbocycles. The van der Waals surface area contributed by atoms with E-state index < -0.39 is 0 Å². The summed E-state index contributed by atoms with van der Waals surface area (Å²) in [6.45, 7) is 3.73. The number of hydrogen-bond donors (Lipinski definition) is 1. The Morgan fingerprint density at radius 2 is 2.07 bits per heavy atom. The summed E-state index contributed by atoms with van der Waals surface area (Å²) < 4.78 is 1.96. The second-order valence-corrected chi connectivity index (χ2v) is 4.10. The van der Waals surface area contributed by atoms with Gasteiger partial charge in [0.25, 0.3) is 0 Å². The maximum Gasteiger partial charge on any atom is 0.194 e. The van der Waals surface area contributed by atoms with E-state index in [2.05, 4.69) is 4.98 Å². The first kappa shape index (κ1) is 9.15. The van der Waals surface area contributed by atoms with Crippen molar-refractivity contribution in [3.63, 3.8) is 0 Å². The fraction of sp³-hybridized carbons (Fsp3) is 0.200. The predicted molar refractivity (Wildman–Crippen MR) is 58.7 cm³/mol. The van der Waals surface area contributed by atoms with Crippen molar-refractivity contribution in [1.82, 2.24) is 9.55 Å². The minimum atomic E-state index is 0.582. The molecular weight excluding hydrogens is 194 g/mol. The molecule has 0 amide bonds. The standard InChI is InChI=1S/C10H11N3S/c1-7(11)9-8(2)12-10(14-9)13-5-3-4-6-13/h3-6,11H,1-2H3. The highest BCUT2D eigenvalue weighted by atomic mass is 32.1. The third-order valence-corrected chi connectivity index (χ3v) is 3.24.